The summed E-state index contributed by atoms with van der Waals surface area (Å²) in [7, 11) is 0. The number of hydrogen-bond donors (Lipinski definition) is 1. The molecule has 2 aliphatic heterocycles. The van der Waals surface area contributed by atoms with Gasteiger partial charge in [0.1, 0.15) is 0 Å². The molecule has 1 aromatic rings. The topological polar surface area (TPSA) is 24.5 Å². The molecule has 0 aliphatic carbocycles. The standard InChI is InChI=1S/C15H22N2O/c1-12-10-17(6-7-18-12)11-14-9-16-8-13-4-2-3-5-15(13)14/h2-5,12,14,16H,6-11H2,1H3. The quantitative estimate of drug-likeness (QED) is 0.858. The van der Waals surface area contributed by atoms with Crippen molar-refractivity contribution in [2.75, 3.05) is 32.8 Å². The number of rotatable bonds is 2. The van der Waals surface area contributed by atoms with Crippen molar-refractivity contribution in [2.24, 2.45) is 0 Å². The Balaban J connectivity index is 1.70. The van der Waals surface area contributed by atoms with Crippen LogP contribution < -0.4 is 5.32 Å². The molecule has 2 atom stereocenters. The number of benzene rings is 1. The van der Waals surface area contributed by atoms with Crippen LogP contribution in [0.1, 0.15) is 24.0 Å². The highest BCUT2D eigenvalue weighted by Crippen LogP contribution is 2.25. The number of hydrogen-bond acceptors (Lipinski definition) is 3. The monoisotopic (exact) mass is 246 g/mol. The Morgan fingerprint density at radius 2 is 2.28 bits per heavy atom. The van der Waals surface area contributed by atoms with Crippen molar-refractivity contribution in [3.63, 3.8) is 0 Å². The Bertz CT molecular complexity index is 407. The van der Waals surface area contributed by atoms with E-state index in [0.717, 1.165) is 39.3 Å². The molecule has 0 bridgehead atoms. The zero-order chi connectivity index (χ0) is 12.4. The molecule has 2 heterocycles. The Morgan fingerprint density at radius 3 is 3.17 bits per heavy atom. The molecule has 1 aromatic carbocycles. The predicted octanol–water partition coefficient (Wildman–Crippen LogP) is 1.59. The molecule has 0 amide bonds. The van der Waals surface area contributed by atoms with Crippen molar-refractivity contribution in [1.29, 1.82) is 0 Å². The zero-order valence-corrected chi connectivity index (χ0v) is 11.1. The van der Waals surface area contributed by atoms with Crippen LogP contribution in [0.2, 0.25) is 0 Å². The maximum Gasteiger partial charge on any atom is 0.0674 e. The van der Waals surface area contributed by atoms with Crippen LogP contribution in [0.4, 0.5) is 0 Å². The molecular formula is C15H22N2O. The van der Waals surface area contributed by atoms with Crippen molar-refractivity contribution in [2.45, 2.75) is 25.5 Å². The van der Waals surface area contributed by atoms with Crippen LogP contribution in [0.25, 0.3) is 0 Å². The average molecular weight is 246 g/mol. The lowest BCUT2D eigenvalue weighted by atomic mass is 9.90. The summed E-state index contributed by atoms with van der Waals surface area (Å²) in [6.07, 6.45) is 0.380. The first-order chi connectivity index (χ1) is 8.83. The van der Waals surface area contributed by atoms with Gasteiger partial charge in [0, 0.05) is 38.6 Å². The first-order valence-corrected chi connectivity index (χ1v) is 6.95. The fourth-order valence-corrected chi connectivity index (χ4v) is 3.12. The summed E-state index contributed by atoms with van der Waals surface area (Å²) in [5.41, 5.74) is 3.01. The van der Waals surface area contributed by atoms with E-state index in [4.69, 9.17) is 4.74 Å². The maximum atomic E-state index is 5.61. The van der Waals surface area contributed by atoms with E-state index >= 15 is 0 Å². The Morgan fingerprint density at radius 1 is 1.39 bits per heavy atom. The summed E-state index contributed by atoms with van der Waals surface area (Å²) >= 11 is 0. The van der Waals surface area contributed by atoms with Gasteiger partial charge in [-0.25, -0.2) is 0 Å². The third-order valence-electron chi connectivity index (χ3n) is 4.00. The summed E-state index contributed by atoms with van der Waals surface area (Å²) in [6.45, 7) is 8.45. The van der Waals surface area contributed by atoms with Gasteiger partial charge in [-0.3, -0.25) is 4.90 Å². The van der Waals surface area contributed by atoms with Crippen LogP contribution in [0.3, 0.4) is 0 Å². The van der Waals surface area contributed by atoms with E-state index in [1.54, 1.807) is 0 Å². The van der Waals surface area contributed by atoms with E-state index in [1.165, 1.54) is 11.1 Å². The highest BCUT2D eigenvalue weighted by Gasteiger charge is 2.24. The fourth-order valence-electron chi connectivity index (χ4n) is 3.12. The van der Waals surface area contributed by atoms with Gasteiger partial charge in [-0.05, 0) is 18.1 Å². The summed E-state index contributed by atoms with van der Waals surface area (Å²) in [5.74, 6) is 0.625. The predicted molar refractivity (Wildman–Crippen MR) is 72.7 cm³/mol. The summed E-state index contributed by atoms with van der Waals surface area (Å²) < 4.78 is 5.61. The van der Waals surface area contributed by atoms with Gasteiger partial charge in [0.05, 0.1) is 12.7 Å². The summed E-state index contributed by atoms with van der Waals surface area (Å²) in [6, 6.07) is 8.85. The third-order valence-corrected chi connectivity index (χ3v) is 4.00. The van der Waals surface area contributed by atoms with Gasteiger partial charge < -0.3 is 10.1 Å². The van der Waals surface area contributed by atoms with Gasteiger partial charge in [-0.15, -0.1) is 0 Å². The molecule has 3 heteroatoms. The van der Waals surface area contributed by atoms with Crippen molar-refractivity contribution < 1.29 is 4.74 Å². The second-order valence-electron chi connectivity index (χ2n) is 5.47. The number of nitrogens with zero attached hydrogens (tertiary/aromatic N) is 1. The smallest absolute Gasteiger partial charge is 0.0674 e. The normalized spacial score (nSPS) is 28.9. The lowest BCUT2D eigenvalue weighted by molar-refractivity contribution is -0.0202. The molecule has 2 unspecified atom stereocenters. The second-order valence-corrected chi connectivity index (χ2v) is 5.47. The van der Waals surface area contributed by atoms with E-state index in [1.807, 2.05) is 0 Å². The third kappa shape index (κ3) is 2.58. The number of nitrogens with one attached hydrogen (secondary N) is 1. The molecular weight excluding hydrogens is 224 g/mol. The number of morpholine rings is 1. The van der Waals surface area contributed by atoms with Crippen molar-refractivity contribution >= 4 is 0 Å². The molecule has 1 saturated heterocycles. The first-order valence-electron chi connectivity index (χ1n) is 6.95. The Kier molecular flexibility index (Phi) is 3.64. The SMILES string of the molecule is CC1CN(CC2CNCc3ccccc32)CCO1. The van der Waals surface area contributed by atoms with Crippen molar-refractivity contribution in [3.05, 3.63) is 35.4 Å². The minimum absolute atomic E-state index is 0.380. The van der Waals surface area contributed by atoms with Crippen LogP contribution in [0.15, 0.2) is 24.3 Å². The minimum atomic E-state index is 0.380. The van der Waals surface area contributed by atoms with E-state index in [0.29, 0.717) is 12.0 Å². The Labute approximate surface area is 109 Å². The van der Waals surface area contributed by atoms with E-state index in [9.17, 15) is 0 Å². The van der Waals surface area contributed by atoms with Gasteiger partial charge in [0.25, 0.3) is 0 Å². The average Bonchev–Trinajstić information content (AvgIpc) is 2.39. The van der Waals surface area contributed by atoms with Crippen LogP contribution in [0.5, 0.6) is 0 Å². The largest absolute Gasteiger partial charge is 0.376 e. The van der Waals surface area contributed by atoms with Gasteiger partial charge in [0.2, 0.25) is 0 Å². The molecule has 18 heavy (non-hydrogen) atoms. The van der Waals surface area contributed by atoms with Crippen LogP contribution in [0, 0.1) is 0 Å². The van der Waals surface area contributed by atoms with Crippen LogP contribution in [-0.4, -0.2) is 43.8 Å². The number of ether oxygens (including phenoxy) is 1. The first kappa shape index (κ1) is 12.2. The van der Waals surface area contributed by atoms with Crippen LogP contribution in [-0.2, 0) is 11.3 Å². The maximum absolute atomic E-state index is 5.61. The fraction of sp³-hybridized carbons (Fsp3) is 0.600. The zero-order valence-electron chi connectivity index (χ0n) is 11.1. The Hall–Kier alpha value is -0.900. The summed E-state index contributed by atoms with van der Waals surface area (Å²) in [5, 5.41) is 3.53. The molecule has 1 fully saturated rings. The molecule has 0 radical (unpaired) electrons. The lowest BCUT2D eigenvalue weighted by Gasteiger charge is -2.35. The minimum Gasteiger partial charge on any atom is -0.376 e. The lowest BCUT2D eigenvalue weighted by Crippen LogP contribution is -2.45. The molecule has 1 N–H and O–H groups in total. The highest BCUT2D eigenvalue weighted by molar-refractivity contribution is 5.32. The molecule has 0 saturated carbocycles. The van der Waals surface area contributed by atoms with Crippen molar-refractivity contribution in [3.8, 4) is 0 Å². The van der Waals surface area contributed by atoms with E-state index < -0.39 is 0 Å². The van der Waals surface area contributed by atoms with E-state index in [2.05, 4.69) is 41.4 Å². The van der Waals surface area contributed by atoms with Gasteiger partial charge >= 0.3 is 0 Å². The van der Waals surface area contributed by atoms with Gasteiger partial charge in [0.15, 0.2) is 0 Å². The molecule has 3 rings (SSSR count). The van der Waals surface area contributed by atoms with Crippen LogP contribution >= 0.6 is 0 Å². The molecule has 98 valence electrons. The molecule has 0 aromatic heterocycles. The molecule has 0 spiro atoms. The molecule has 3 nitrogen and oxygen atoms in total. The van der Waals surface area contributed by atoms with E-state index in [-0.39, 0.29) is 0 Å². The van der Waals surface area contributed by atoms with Gasteiger partial charge in [-0.2, -0.15) is 0 Å². The summed E-state index contributed by atoms with van der Waals surface area (Å²) in [4.78, 5) is 2.54. The van der Waals surface area contributed by atoms with Gasteiger partial charge in [-0.1, -0.05) is 24.3 Å². The molecule has 2 aliphatic rings. The second kappa shape index (κ2) is 5.39. The number of fused-ring (bicyclic) bond motifs is 1. The van der Waals surface area contributed by atoms with Crippen molar-refractivity contribution in [1.82, 2.24) is 10.2 Å². The highest BCUT2D eigenvalue weighted by atomic mass is 16.5.